The van der Waals surface area contributed by atoms with E-state index >= 15 is 0 Å². The Labute approximate surface area is 126 Å². The molecule has 0 aliphatic rings. The number of rotatable bonds is 7. The number of hydrogen-bond acceptors (Lipinski definition) is 5. The van der Waals surface area contributed by atoms with Crippen LogP contribution in [0.1, 0.15) is 34.1 Å². The van der Waals surface area contributed by atoms with E-state index in [4.69, 9.17) is 9.66 Å². The van der Waals surface area contributed by atoms with Gasteiger partial charge in [-0.25, -0.2) is 4.79 Å². The summed E-state index contributed by atoms with van der Waals surface area (Å²) in [6, 6.07) is 4.34. The second kappa shape index (κ2) is 7.14. The molecule has 0 saturated carbocycles. The first-order valence-electron chi connectivity index (χ1n) is 6.20. The van der Waals surface area contributed by atoms with Crippen LogP contribution in [-0.2, 0) is 14.9 Å². The fourth-order valence-corrected chi connectivity index (χ4v) is 2.28. The van der Waals surface area contributed by atoms with E-state index < -0.39 is 40.2 Å². The number of hydrogen-bond donors (Lipinski definition) is 3. The first-order valence-corrected chi connectivity index (χ1v) is 7.81. The number of amides is 1. The minimum atomic E-state index is -4.34. The molecule has 22 heavy (non-hydrogen) atoms. The Hall–Kier alpha value is -2.26. The number of Topliss-reactive ketones (excluding diaryl/α,β-unsaturated/α-hetero) is 1. The van der Waals surface area contributed by atoms with E-state index in [0.29, 0.717) is 0 Å². The molecule has 0 fully saturated rings. The minimum absolute atomic E-state index is 0.00638. The van der Waals surface area contributed by atoms with Crippen LogP contribution in [0.3, 0.4) is 0 Å². The maximum Gasteiger partial charge on any atom is 0.326 e. The molecule has 120 valence electrons. The first kappa shape index (κ1) is 17.8. The maximum atomic E-state index is 12.1. The van der Waals surface area contributed by atoms with Crippen LogP contribution >= 0.6 is 0 Å². The Morgan fingerprint density at radius 3 is 2.18 bits per heavy atom. The van der Waals surface area contributed by atoms with Crippen molar-refractivity contribution in [3.8, 4) is 0 Å². The molecule has 1 aromatic carbocycles. The Balaban J connectivity index is 2.93. The van der Waals surface area contributed by atoms with Crippen molar-refractivity contribution < 1.29 is 32.5 Å². The highest BCUT2D eigenvalue weighted by atomic mass is 32.2. The molecule has 0 aromatic heterocycles. The molecular weight excluding hydrogens is 314 g/mol. The Bertz CT molecular complexity index is 696. The van der Waals surface area contributed by atoms with Crippen molar-refractivity contribution in [2.75, 3.05) is 5.75 Å². The lowest BCUT2D eigenvalue weighted by Gasteiger charge is -2.15. The third kappa shape index (κ3) is 5.26. The first-order chi connectivity index (χ1) is 10.1. The lowest BCUT2D eigenvalue weighted by molar-refractivity contribution is -0.139. The molecule has 1 aromatic rings. The van der Waals surface area contributed by atoms with Gasteiger partial charge in [0, 0.05) is 5.56 Å². The van der Waals surface area contributed by atoms with E-state index in [0.717, 1.165) is 0 Å². The third-order valence-electron chi connectivity index (χ3n) is 2.82. The molecule has 0 bridgehead atoms. The Kier molecular flexibility index (Phi) is 5.77. The van der Waals surface area contributed by atoms with Crippen molar-refractivity contribution in [2.45, 2.75) is 19.4 Å². The van der Waals surface area contributed by atoms with Crippen LogP contribution < -0.4 is 5.32 Å². The van der Waals surface area contributed by atoms with Gasteiger partial charge >= 0.3 is 5.97 Å². The second-order valence-corrected chi connectivity index (χ2v) is 6.11. The van der Waals surface area contributed by atoms with Crippen LogP contribution in [0, 0.1) is 0 Å². The minimum Gasteiger partial charge on any atom is -0.480 e. The summed E-state index contributed by atoms with van der Waals surface area (Å²) in [5, 5.41) is 11.1. The Morgan fingerprint density at radius 2 is 1.73 bits per heavy atom. The summed E-state index contributed by atoms with van der Waals surface area (Å²) in [5.41, 5.74) is 0.118. The third-order valence-corrected chi connectivity index (χ3v) is 3.57. The fraction of sp³-hybridized carbons (Fsp3) is 0.308. The number of benzene rings is 1. The van der Waals surface area contributed by atoms with Crippen LogP contribution in [0.4, 0.5) is 0 Å². The van der Waals surface area contributed by atoms with Gasteiger partial charge in [0.1, 0.15) is 6.04 Å². The number of aliphatic carboxylic acids is 1. The summed E-state index contributed by atoms with van der Waals surface area (Å²) in [5.74, 6) is -3.43. The SMILES string of the molecule is CC(=O)c1ccccc1C(=O)N[C@@H](CCS(=O)(=O)O)C(=O)O. The molecule has 0 spiro atoms. The van der Waals surface area contributed by atoms with Gasteiger partial charge in [0.15, 0.2) is 5.78 Å². The van der Waals surface area contributed by atoms with Gasteiger partial charge in [-0.2, -0.15) is 8.42 Å². The molecule has 1 atom stereocenters. The second-order valence-electron chi connectivity index (χ2n) is 4.54. The van der Waals surface area contributed by atoms with Crippen molar-refractivity contribution in [3.63, 3.8) is 0 Å². The summed E-state index contributed by atoms with van der Waals surface area (Å²) in [4.78, 5) is 34.6. The smallest absolute Gasteiger partial charge is 0.326 e. The van der Waals surface area contributed by atoms with Crippen LogP contribution in [0.5, 0.6) is 0 Å². The van der Waals surface area contributed by atoms with E-state index in [1.165, 1.54) is 25.1 Å². The average Bonchev–Trinajstić information content (AvgIpc) is 2.41. The van der Waals surface area contributed by atoms with E-state index in [1.807, 2.05) is 0 Å². The van der Waals surface area contributed by atoms with E-state index in [9.17, 15) is 22.8 Å². The molecule has 0 unspecified atom stereocenters. The van der Waals surface area contributed by atoms with Crippen molar-refractivity contribution >= 4 is 27.8 Å². The summed E-state index contributed by atoms with van der Waals surface area (Å²) in [6.45, 7) is 1.26. The zero-order valence-corrected chi connectivity index (χ0v) is 12.5. The summed E-state index contributed by atoms with van der Waals surface area (Å²) in [7, 11) is -4.34. The van der Waals surface area contributed by atoms with Gasteiger partial charge in [-0.05, 0) is 19.4 Å². The Morgan fingerprint density at radius 1 is 1.18 bits per heavy atom. The van der Waals surface area contributed by atoms with Crippen molar-refractivity contribution in [3.05, 3.63) is 35.4 Å². The van der Waals surface area contributed by atoms with Gasteiger partial charge in [0.05, 0.1) is 11.3 Å². The number of ketones is 1. The summed E-state index contributed by atoms with van der Waals surface area (Å²) >= 11 is 0. The molecule has 8 nitrogen and oxygen atoms in total. The largest absolute Gasteiger partial charge is 0.480 e. The molecule has 0 saturated heterocycles. The highest BCUT2D eigenvalue weighted by molar-refractivity contribution is 7.85. The molecule has 0 heterocycles. The van der Waals surface area contributed by atoms with Crippen molar-refractivity contribution in [1.29, 1.82) is 0 Å². The molecule has 9 heteroatoms. The molecule has 1 amide bonds. The van der Waals surface area contributed by atoms with Gasteiger partial charge in [-0.15, -0.1) is 0 Å². The average molecular weight is 329 g/mol. The van der Waals surface area contributed by atoms with Gasteiger partial charge in [0.25, 0.3) is 16.0 Å². The van der Waals surface area contributed by atoms with Gasteiger partial charge in [-0.3, -0.25) is 14.1 Å². The predicted octanol–water partition coefficient (Wildman–Crippen LogP) is 0.350. The monoisotopic (exact) mass is 329 g/mol. The standard InChI is InChI=1S/C13H15NO7S/c1-8(15)9-4-2-3-5-10(9)12(16)14-11(13(17)18)6-7-22(19,20)21/h2-5,11H,6-7H2,1H3,(H,14,16)(H,17,18)(H,19,20,21)/t11-/m0/s1. The van der Waals surface area contributed by atoms with Crippen LogP contribution in [0.25, 0.3) is 0 Å². The molecule has 0 aliphatic carbocycles. The van der Waals surface area contributed by atoms with Gasteiger partial charge < -0.3 is 10.4 Å². The van der Waals surface area contributed by atoms with E-state index in [1.54, 1.807) is 6.07 Å². The predicted molar refractivity (Wildman–Crippen MR) is 76.4 cm³/mol. The number of carboxylic acid groups (broad SMARTS) is 1. The van der Waals surface area contributed by atoms with E-state index in [-0.39, 0.29) is 16.9 Å². The molecule has 1 rings (SSSR count). The van der Waals surface area contributed by atoms with Crippen molar-refractivity contribution in [1.82, 2.24) is 5.32 Å². The quantitative estimate of drug-likeness (QED) is 0.484. The topological polar surface area (TPSA) is 138 Å². The summed E-state index contributed by atoms with van der Waals surface area (Å²) < 4.78 is 30.0. The lowest BCUT2D eigenvalue weighted by Crippen LogP contribution is -2.42. The van der Waals surface area contributed by atoms with Crippen LogP contribution in [0.15, 0.2) is 24.3 Å². The molecular formula is C13H15NO7S. The normalized spacial score (nSPS) is 12.5. The maximum absolute atomic E-state index is 12.1. The van der Waals surface area contributed by atoms with Gasteiger partial charge in [-0.1, -0.05) is 18.2 Å². The summed E-state index contributed by atoms with van der Waals surface area (Å²) in [6.07, 6.45) is -0.498. The molecule has 0 radical (unpaired) electrons. The van der Waals surface area contributed by atoms with Gasteiger partial charge in [0.2, 0.25) is 0 Å². The fourth-order valence-electron chi connectivity index (χ4n) is 1.75. The number of nitrogens with one attached hydrogen (secondary N) is 1. The number of carbonyl (C=O) groups excluding carboxylic acids is 2. The molecule has 3 N–H and O–H groups in total. The van der Waals surface area contributed by atoms with Crippen LogP contribution in [0.2, 0.25) is 0 Å². The van der Waals surface area contributed by atoms with Crippen LogP contribution in [-0.4, -0.2) is 47.5 Å². The number of carbonyl (C=O) groups is 3. The van der Waals surface area contributed by atoms with Crippen molar-refractivity contribution in [2.24, 2.45) is 0 Å². The lowest BCUT2D eigenvalue weighted by atomic mass is 10.0. The van der Waals surface area contributed by atoms with E-state index in [2.05, 4.69) is 5.32 Å². The highest BCUT2D eigenvalue weighted by Crippen LogP contribution is 2.10. The molecule has 0 aliphatic heterocycles. The zero-order valence-electron chi connectivity index (χ0n) is 11.6. The number of carboxylic acids is 1. The zero-order chi connectivity index (χ0) is 16.9. The highest BCUT2D eigenvalue weighted by Gasteiger charge is 2.24.